The molecule has 1 saturated heterocycles. The zero-order valence-electron chi connectivity index (χ0n) is 14.5. The third kappa shape index (κ3) is 3.12. The number of aryl methyl sites for hydroxylation is 1. The maximum Gasteiger partial charge on any atom is 0.163 e. The third-order valence-electron chi connectivity index (χ3n) is 4.28. The van der Waals surface area contributed by atoms with E-state index in [9.17, 15) is 0 Å². The number of ether oxygens (including phenoxy) is 1. The minimum Gasteiger partial charge on any atom is -0.372 e. The summed E-state index contributed by atoms with van der Waals surface area (Å²) in [5.74, 6) is 1.68. The van der Waals surface area contributed by atoms with Crippen LogP contribution in [0.3, 0.4) is 0 Å². The van der Waals surface area contributed by atoms with E-state index in [1.165, 1.54) is 6.33 Å². The van der Waals surface area contributed by atoms with E-state index in [0.717, 1.165) is 41.4 Å². The molecule has 3 aromatic heterocycles. The van der Waals surface area contributed by atoms with Crippen molar-refractivity contribution in [2.45, 2.75) is 26.1 Å². The molecule has 8 nitrogen and oxygen atoms in total. The standard InChI is InChI=1S/C17H21N7O/c1-11-8-24(9-12(2)25-11)15-5-4-13(6-18-15)22-16-14-7-21-23(3)17(14)20-10-19-16/h4-7,10-12H,8-9H2,1-3H3,(H,19,20,22). The molecule has 0 spiro atoms. The molecule has 1 aliphatic heterocycles. The highest BCUT2D eigenvalue weighted by Crippen LogP contribution is 2.24. The molecule has 0 aromatic carbocycles. The molecule has 4 heterocycles. The topological polar surface area (TPSA) is 81.0 Å². The van der Waals surface area contributed by atoms with Crippen molar-refractivity contribution < 1.29 is 4.74 Å². The second-order valence-corrected chi connectivity index (χ2v) is 6.42. The zero-order valence-corrected chi connectivity index (χ0v) is 14.5. The molecule has 8 heteroatoms. The summed E-state index contributed by atoms with van der Waals surface area (Å²) in [4.78, 5) is 15.4. The molecule has 1 fully saturated rings. The van der Waals surface area contributed by atoms with Gasteiger partial charge in [0.25, 0.3) is 0 Å². The highest BCUT2D eigenvalue weighted by atomic mass is 16.5. The molecule has 2 unspecified atom stereocenters. The Morgan fingerprint density at radius 2 is 1.88 bits per heavy atom. The average molecular weight is 339 g/mol. The van der Waals surface area contributed by atoms with Crippen LogP contribution in [0.5, 0.6) is 0 Å². The molecule has 0 bridgehead atoms. The third-order valence-corrected chi connectivity index (χ3v) is 4.28. The molecule has 25 heavy (non-hydrogen) atoms. The minimum atomic E-state index is 0.211. The molecule has 0 aliphatic carbocycles. The number of hydrogen-bond donors (Lipinski definition) is 1. The van der Waals surface area contributed by atoms with E-state index in [0.29, 0.717) is 0 Å². The Labute approximate surface area is 145 Å². The maximum atomic E-state index is 5.78. The number of anilines is 3. The predicted octanol–water partition coefficient (Wildman–Crippen LogP) is 2.12. The second kappa shape index (κ2) is 6.29. The van der Waals surface area contributed by atoms with E-state index in [4.69, 9.17) is 4.74 Å². The molecular formula is C17H21N7O. The largest absolute Gasteiger partial charge is 0.372 e. The molecular weight excluding hydrogens is 318 g/mol. The van der Waals surface area contributed by atoms with Gasteiger partial charge in [-0.25, -0.2) is 15.0 Å². The Morgan fingerprint density at radius 1 is 1.08 bits per heavy atom. The molecule has 4 rings (SSSR count). The Hall–Kier alpha value is -2.74. The van der Waals surface area contributed by atoms with Gasteiger partial charge in [-0.1, -0.05) is 0 Å². The predicted molar refractivity (Wildman–Crippen MR) is 96.0 cm³/mol. The number of rotatable bonds is 3. The first-order chi connectivity index (χ1) is 12.1. The number of fused-ring (bicyclic) bond motifs is 1. The van der Waals surface area contributed by atoms with Crippen LogP contribution in [0, 0.1) is 0 Å². The van der Waals surface area contributed by atoms with Gasteiger partial charge in [-0.2, -0.15) is 5.10 Å². The normalized spacial score (nSPS) is 20.8. The van der Waals surface area contributed by atoms with Gasteiger partial charge in [0, 0.05) is 20.1 Å². The maximum absolute atomic E-state index is 5.78. The molecule has 130 valence electrons. The highest BCUT2D eigenvalue weighted by molar-refractivity contribution is 5.88. The van der Waals surface area contributed by atoms with Crippen molar-refractivity contribution in [3.63, 3.8) is 0 Å². The molecule has 1 aliphatic rings. The van der Waals surface area contributed by atoms with Crippen LogP contribution in [0.4, 0.5) is 17.3 Å². The number of aromatic nitrogens is 5. The lowest BCUT2D eigenvalue weighted by molar-refractivity contribution is -0.00545. The molecule has 1 N–H and O–H groups in total. The van der Waals surface area contributed by atoms with Crippen molar-refractivity contribution in [3.05, 3.63) is 30.9 Å². The number of hydrogen-bond acceptors (Lipinski definition) is 7. The van der Waals surface area contributed by atoms with E-state index in [1.54, 1.807) is 10.9 Å². The van der Waals surface area contributed by atoms with E-state index in [-0.39, 0.29) is 12.2 Å². The molecule has 0 radical (unpaired) electrons. The second-order valence-electron chi connectivity index (χ2n) is 6.42. The van der Waals surface area contributed by atoms with Crippen LogP contribution in [0.15, 0.2) is 30.9 Å². The molecule has 3 aromatic rings. The monoisotopic (exact) mass is 339 g/mol. The van der Waals surface area contributed by atoms with Gasteiger partial charge in [0.05, 0.1) is 35.7 Å². The fourth-order valence-electron chi connectivity index (χ4n) is 3.21. The summed E-state index contributed by atoms with van der Waals surface area (Å²) in [5, 5.41) is 8.40. The SMILES string of the molecule is CC1CN(c2ccc(Nc3ncnc4c3cnn4C)cn2)CC(C)O1. The quantitative estimate of drug-likeness (QED) is 0.783. The van der Waals surface area contributed by atoms with Gasteiger partial charge in [-0.15, -0.1) is 0 Å². The van der Waals surface area contributed by atoms with Gasteiger partial charge < -0.3 is 15.0 Å². The number of morpholine rings is 1. The number of nitrogens with zero attached hydrogens (tertiary/aromatic N) is 6. The van der Waals surface area contributed by atoms with Crippen molar-refractivity contribution in [1.82, 2.24) is 24.7 Å². The van der Waals surface area contributed by atoms with Crippen LogP contribution in [-0.4, -0.2) is 50.0 Å². The van der Waals surface area contributed by atoms with Crippen LogP contribution in [0.1, 0.15) is 13.8 Å². The highest BCUT2D eigenvalue weighted by Gasteiger charge is 2.23. The smallest absolute Gasteiger partial charge is 0.163 e. The first kappa shape index (κ1) is 15.8. The van der Waals surface area contributed by atoms with Gasteiger partial charge in [0.2, 0.25) is 0 Å². The lowest BCUT2D eigenvalue weighted by Crippen LogP contribution is -2.45. The van der Waals surface area contributed by atoms with Crippen LogP contribution in [0.25, 0.3) is 11.0 Å². The van der Waals surface area contributed by atoms with E-state index >= 15 is 0 Å². The molecule has 0 amide bonds. The Balaban J connectivity index is 1.54. The van der Waals surface area contributed by atoms with Crippen molar-refractivity contribution in [1.29, 1.82) is 0 Å². The molecule has 0 saturated carbocycles. The van der Waals surface area contributed by atoms with Crippen molar-refractivity contribution in [3.8, 4) is 0 Å². The summed E-state index contributed by atoms with van der Waals surface area (Å²) in [5.41, 5.74) is 1.67. The summed E-state index contributed by atoms with van der Waals surface area (Å²) in [6, 6.07) is 4.03. The number of nitrogens with one attached hydrogen (secondary N) is 1. The van der Waals surface area contributed by atoms with E-state index < -0.39 is 0 Å². The van der Waals surface area contributed by atoms with E-state index in [2.05, 4.69) is 44.1 Å². The Kier molecular flexibility index (Phi) is 3.96. The summed E-state index contributed by atoms with van der Waals surface area (Å²) in [6.07, 6.45) is 5.54. The van der Waals surface area contributed by atoms with Gasteiger partial charge in [-0.05, 0) is 26.0 Å². The van der Waals surface area contributed by atoms with Crippen LogP contribution in [-0.2, 0) is 11.8 Å². The Bertz CT molecular complexity index is 866. The molecule has 2 atom stereocenters. The fourth-order valence-corrected chi connectivity index (χ4v) is 3.21. The van der Waals surface area contributed by atoms with Gasteiger partial charge >= 0.3 is 0 Å². The Morgan fingerprint density at radius 3 is 2.60 bits per heavy atom. The van der Waals surface area contributed by atoms with Crippen molar-refractivity contribution in [2.75, 3.05) is 23.3 Å². The summed E-state index contributed by atoms with van der Waals surface area (Å²) < 4.78 is 7.51. The fraction of sp³-hybridized carbons (Fsp3) is 0.412. The minimum absolute atomic E-state index is 0.211. The lowest BCUT2D eigenvalue weighted by Gasteiger charge is -2.36. The first-order valence-corrected chi connectivity index (χ1v) is 8.36. The van der Waals surface area contributed by atoms with Crippen molar-refractivity contribution >= 4 is 28.4 Å². The van der Waals surface area contributed by atoms with E-state index in [1.807, 2.05) is 25.4 Å². The summed E-state index contributed by atoms with van der Waals surface area (Å²) in [6.45, 7) is 5.89. The zero-order chi connectivity index (χ0) is 17.4. The van der Waals surface area contributed by atoms with Crippen molar-refractivity contribution in [2.24, 2.45) is 7.05 Å². The summed E-state index contributed by atoms with van der Waals surface area (Å²) >= 11 is 0. The van der Waals surface area contributed by atoms with Gasteiger partial charge in [0.1, 0.15) is 18.0 Å². The summed E-state index contributed by atoms with van der Waals surface area (Å²) in [7, 11) is 1.86. The first-order valence-electron chi connectivity index (χ1n) is 8.36. The number of pyridine rings is 1. The van der Waals surface area contributed by atoms with Crippen LogP contribution >= 0.6 is 0 Å². The van der Waals surface area contributed by atoms with Crippen LogP contribution in [0.2, 0.25) is 0 Å². The average Bonchev–Trinajstić information content (AvgIpc) is 2.97. The van der Waals surface area contributed by atoms with Gasteiger partial charge in [0.15, 0.2) is 5.65 Å². The lowest BCUT2D eigenvalue weighted by atomic mass is 10.2. The van der Waals surface area contributed by atoms with Crippen LogP contribution < -0.4 is 10.2 Å². The van der Waals surface area contributed by atoms with Gasteiger partial charge in [-0.3, -0.25) is 4.68 Å².